The first-order chi connectivity index (χ1) is 7.11. The van der Waals surface area contributed by atoms with Gasteiger partial charge in [-0.05, 0) is 25.8 Å². The third kappa shape index (κ3) is 3.41. The molecule has 15 heavy (non-hydrogen) atoms. The Balaban J connectivity index is 2.65. The average Bonchev–Trinajstić information content (AvgIpc) is 2.26. The van der Waals surface area contributed by atoms with Crippen LogP contribution >= 0.6 is 0 Å². The second-order valence-corrected chi connectivity index (χ2v) is 5.94. The maximum Gasteiger partial charge on any atom is 0.214 e. The SMILES string of the molecule is NCCCS(=O)(=O)N1CCCCC1CO. The van der Waals surface area contributed by atoms with Crippen LogP contribution < -0.4 is 5.73 Å². The minimum Gasteiger partial charge on any atom is -0.395 e. The zero-order valence-electron chi connectivity index (χ0n) is 8.93. The van der Waals surface area contributed by atoms with Crippen LogP contribution in [0.2, 0.25) is 0 Å². The maximum absolute atomic E-state index is 11.9. The van der Waals surface area contributed by atoms with Gasteiger partial charge in [-0.1, -0.05) is 6.42 Å². The van der Waals surface area contributed by atoms with Gasteiger partial charge in [-0.15, -0.1) is 0 Å². The number of rotatable bonds is 5. The van der Waals surface area contributed by atoms with Crippen LogP contribution in [0.1, 0.15) is 25.7 Å². The van der Waals surface area contributed by atoms with Gasteiger partial charge >= 0.3 is 0 Å². The van der Waals surface area contributed by atoms with Crippen LogP contribution in [0.3, 0.4) is 0 Å². The van der Waals surface area contributed by atoms with Crippen molar-refractivity contribution in [2.75, 3.05) is 25.4 Å². The summed E-state index contributed by atoms with van der Waals surface area (Å²) in [5.41, 5.74) is 5.30. The average molecular weight is 236 g/mol. The lowest BCUT2D eigenvalue weighted by Gasteiger charge is -2.33. The molecule has 0 aliphatic carbocycles. The smallest absolute Gasteiger partial charge is 0.214 e. The van der Waals surface area contributed by atoms with Crippen LogP contribution in [0.15, 0.2) is 0 Å². The molecule has 5 nitrogen and oxygen atoms in total. The van der Waals surface area contributed by atoms with E-state index < -0.39 is 10.0 Å². The highest BCUT2D eigenvalue weighted by molar-refractivity contribution is 7.89. The number of sulfonamides is 1. The van der Waals surface area contributed by atoms with Crippen LogP contribution in [0, 0.1) is 0 Å². The molecule has 1 unspecified atom stereocenters. The van der Waals surface area contributed by atoms with E-state index in [0.717, 1.165) is 19.3 Å². The largest absolute Gasteiger partial charge is 0.395 e. The van der Waals surface area contributed by atoms with Crippen molar-refractivity contribution in [3.05, 3.63) is 0 Å². The molecule has 0 spiro atoms. The number of aliphatic hydroxyl groups excluding tert-OH is 1. The van der Waals surface area contributed by atoms with Gasteiger partial charge < -0.3 is 10.8 Å². The minimum absolute atomic E-state index is 0.0815. The van der Waals surface area contributed by atoms with Crippen molar-refractivity contribution >= 4 is 10.0 Å². The number of hydrogen-bond donors (Lipinski definition) is 2. The van der Waals surface area contributed by atoms with Gasteiger partial charge in [0.1, 0.15) is 0 Å². The first-order valence-electron chi connectivity index (χ1n) is 5.42. The fourth-order valence-corrected chi connectivity index (χ4v) is 3.71. The summed E-state index contributed by atoms with van der Waals surface area (Å²) in [6.07, 6.45) is 3.13. The summed E-state index contributed by atoms with van der Waals surface area (Å²) >= 11 is 0. The Labute approximate surface area is 91.3 Å². The Bertz CT molecular complexity index is 279. The first kappa shape index (κ1) is 12.9. The maximum atomic E-state index is 11.9. The van der Waals surface area contributed by atoms with Crippen LogP contribution in [0.25, 0.3) is 0 Å². The molecule has 0 aromatic carbocycles. The summed E-state index contributed by atoms with van der Waals surface area (Å²) in [5.74, 6) is 0.0972. The molecule has 0 aromatic rings. The molecule has 90 valence electrons. The summed E-state index contributed by atoms with van der Waals surface area (Å²) in [5, 5.41) is 9.12. The van der Waals surface area contributed by atoms with Crippen molar-refractivity contribution in [1.82, 2.24) is 4.31 Å². The summed E-state index contributed by atoms with van der Waals surface area (Å²) in [4.78, 5) is 0. The molecule has 1 saturated heterocycles. The Morgan fingerprint density at radius 2 is 2.13 bits per heavy atom. The molecule has 1 rings (SSSR count). The third-order valence-corrected chi connectivity index (χ3v) is 4.75. The Kier molecular flexibility index (Phi) is 4.98. The fourth-order valence-electron chi connectivity index (χ4n) is 1.91. The molecule has 1 aliphatic heterocycles. The highest BCUT2D eigenvalue weighted by Crippen LogP contribution is 2.20. The van der Waals surface area contributed by atoms with E-state index in [1.807, 2.05) is 0 Å². The molecule has 1 atom stereocenters. The number of aliphatic hydroxyl groups is 1. The molecule has 0 amide bonds. The van der Waals surface area contributed by atoms with Crippen molar-refractivity contribution < 1.29 is 13.5 Å². The van der Waals surface area contributed by atoms with Crippen molar-refractivity contribution in [2.24, 2.45) is 5.73 Å². The topological polar surface area (TPSA) is 83.6 Å². The van der Waals surface area contributed by atoms with Crippen molar-refractivity contribution in [1.29, 1.82) is 0 Å². The zero-order chi connectivity index (χ0) is 11.3. The van der Waals surface area contributed by atoms with Gasteiger partial charge in [0, 0.05) is 12.6 Å². The van der Waals surface area contributed by atoms with Crippen LogP contribution in [-0.2, 0) is 10.0 Å². The lowest BCUT2D eigenvalue weighted by molar-refractivity contribution is 0.155. The monoisotopic (exact) mass is 236 g/mol. The second-order valence-electron chi connectivity index (χ2n) is 3.90. The van der Waals surface area contributed by atoms with E-state index in [4.69, 9.17) is 10.8 Å². The van der Waals surface area contributed by atoms with E-state index in [1.54, 1.807) is 0 Å². The van der Waals surface area contributed by atoms with Gasteiger partial charge in [0.15, 0.2) is 0 Å². The zero-order valence-corrected chi connectivity index (χ0v) is 9.75. The first-order valence-corrected chi connectivity index (χ1v) is 7.03. The van der Waals surface area contributed by atoms with Crippen molar-refractivity contribution in [3.8, 4) is 0 Å². The molecular weight excluding hydrogens is 216 g/mol. The van der Waals surface area contributed by atoms with E-state index in [0.29, 0.717) is 19.5 Å². The highest BCUT2D eigenvalue weighted by Gasteiger charge is 2.30. The van der Waals surface area contributed by atoms with Gasteiger partial charge in [0.05, 0.1) is 12.4 Å². The summed E-state index contributed by atoms with van der Waals surface area (Å²) in [7, 11) is -3.21. The van der Waals surface area contributed by atoms with Crippen LogP contribution in [0.5, 0.6) is 0 Å². The molecule has 3 N–H and O–H groups in total. The molecule has 1 aliphatic rings. The summed E-state index contributed by atoms with van der Waals surface area (Å²) in [6, 6.07) is -0.221. The molecule has 0 radical (unpaired) electrons. The van der Waals surface area contributed by atoms with E-state index in [1.165, 1.54) is 4.31 Å². The quantitative estimate of drug-likeness (QED) is 0.675. The summed E-state index contributed by atoms with van der Waals surface area (Å²) < 4.78 is 25.2. The predicted molar refractivity (Wildman–Crippen MR) is 58.9 cm³/mol. The van der Waals surface area contributed by atoms with E-state index in [9.17, 15) is 8.42 Å². The van der Waals surface area contributed by atoms with Crippen molar-refractivity contribution in [2.45, 2.75) is 31.7 Å². The van der Waals surface area contributed by atoms with E-state index in [2.05, 4.69) is 0 Å². The molecule has 0 aromatic heterocycles. The van der Waals surface area contributed by atoms with Crippen LogP contribution in [-0.4, -0.2) is 49.3 Å². The van der Waals surface area contributed by atoms with E-state index >= 15 is 0 Å². The van der Waals surface area contributed by atoms with Crippen molar-refractivity contribution in [3.63, 3.8) is 0 Å². The van der Waals surface area contributed by atoms with Gasteiger partial charge in [0.25, 0.3) is 0 Å². The predicted octanol–water partition coefficient (Wildman–Crippen LogP) is -0.488. The van der Waals surface area contributed by atoms with Crippen LogP contribution in [0.4, 0.5) is 0 Å². The Hall–Kier alpha value is -0.170. The number of hydrogen-bond acceptors (Lipinski definition) is 4. The number of nitrogens with two attached hydrogens (primary N) is 1. The molecule has 0 bridgehead atoms. The minimum atomic E-state index is -3.21. The second kappa shape index (κ2) is 5.79. The number of piperidine rings is 1. The van der Waals surface area contributed by atoms with Gasteiger partial charge in [-0.2, -0.15) is 4.31 Å². The van der Waals surface area contributed by atoms with Gasteiger partial charge in [-0.3, -0.25) is 0 Å². The summed E-state index contributed by atoms with van der Waals surface area (Å²) in [6.45, 7) is 0.844. The Morgan fingerprint density at radius 1 is 1.40 bits per heavy atom. The third-order valence-electron chi connectivity index (χ3n) is 2.75. The lowest BCUT2D eigenvalue weighted by atomic mass is 10.1. The molecular formula is C9H20N2O3S. The molecule has 6 heteroatoms. The van der Waals surface area contributed by atoms with Gasteiger partial charge in [0.2, 0.25) is 10.0 Å². The van der Waals surface area contributed by atoms with Gasteiger partial charge in [-0.25, -0.2) is 8.42 Å². The standard InChI is InChI=1S/C9H20N2O3S/c10-5-3-7-15(13,14)11-6-2-1-4-9(11)8-12/h9,12H,1-8,10H2. The molecule has 1 fully saturated rings. The number of nitrogens with zero attached hydrogens (tertiary/aromatic N) is 1. The molecule has 1 heterocycles. The Morgan fingerprint density at radius 3 is 2.73 bits per heavy atom. The van der Waals surface area contributed by atoms with E-state index in [-0.39, 0.29) is 18.4 Å². The highest BCUT2D eigenvalue weighted by atomic mass is 32.2. The fraction of sp³-hybridized carbons (Fsp3) is 1.00. The lowest BCUT2D eigenvalue weighted by Crippen LogP contribution is -2.46. The molecule has 0 saturated carbocycles. The normalized spacial score (nSPS) is 24.3.